The minimum absolute atomic E-state index is 0.318. The van der Waals surface area contributed by atoms with Crippen LogP contribution in [-0.4, -0.2) is 23.1 Å². The Morgan fingerprint density at radius 1 is 1.39 bits per heavy atom. The molecule has 0 aromatic carbocycles. The van der Waals surface area contributed by atoms with Crippen LogP contribution in [-0.2, 0) is 6.42 Å². The zero-order valence-electron chi connectivity index (χ0n) is 11.6. The highest BCUT2D eigenvalue weighted by Crippen LogP contribution is 2.29. The van der Waals surface area contributed by atoms with Crippen LogP contribution in [0.5, 0.6) is 5.88 Å². The van der Waals surface area contributed by atoms with E-state index in [0.717, 1.165) is 42.4 Å². The van der Waals surface area contributed by atoms with Gasteiger partial charge in [0.15, 0.2) is 0 Å². The highest BCUT2D eigenvalue weighted by molar-refractivity contribution is 5.48. The first-order chi connectivity index (χ1) is 8.74. The summed E-state index contributed by atoms with van der Waals surface area (Å²) in [4.78, 5) is 8.54. The molecule has 2 rings (SSSR count). The summed E-state index contributed by atoms with van der Waals surface area (Å²) in [5.74, 6) is 2.40. The maximum atomic E-state index is 6.10. The van der Waals surface area contributed by atoms with Crippen LogP contribution < -0.4 is 10.1 Å². The lowest BCUT2D eigenvalue weighted by Gasteiger charge is -2.27. The minimum Gasteiger partial charge on any atom is -0.474 e. The molecule has 0 amide bonds. The molecule has 1 fully saturated rings. The summed E-state index contributed by atoms with van der Waals surface area (Å²) >= 11 is 0. The van der Waals surface area contributed by atoms with Crippen molar-refractivity contribution in [3.05, 3.63) is 11.9 Å². The second-order valence-electron chi connectivity index (χ2n) is 5.12. The Morgan fingerprint density at radius 2 is 2.22 bits per heavy atom. The molecule has 1 N–H and O–H groups in total. The van der Waals surface area contributed by atoms with Gasteiger partial charge in [-0.25, -0.2) is 9.97 Å². The highest BCUT2D eigenvalue weighted by Gasteiger charge is 2.22. The number of ether oxygens (including phenoxy) is 1. The maximum absolute atomic E-state index is 6.10. The van der Waals surface area contributed by atoms with E-state index in [1.807, 2.05) is 7.05 Å². The summed E-state index contributed by atoms with van der Waals surface area (Å²) < 4.78 is 6.10. The van der Waals surface area contributed by atoms with E-state index in [9.17, 15) is 0 Å². The van der Waals surface area contributed by atoms with Gasteiger partial charge in [-0.05, 0) is 31.6 Å². The predicted molar refractivity (Wildman–Crippen MR) is 73.0 cm³/mol. The van der Waals surface area contributed by atoms with Gasteiger partial charge in [-0.2, -0.15) is 0 Å². The standard InChI is InChI=1S/C14H23N3O/c1-4-12-13(15-3)16-9-17-14(12)18-11-7-5-6-10(2)8-11/h9-11H,4-8H2,1-3H3,(H,15,16,17). The summed E-state index contributed by atoms with van der Waals surface area (Å²) in [7, 11) is 1.88. The molecule has 1 aromatic heterocycles. The molecule has 1 heterocycles. The molecule has 0 spiro atoms. The molecule has 0 aliphatic heterocycles. The summed E-state index contributed by atoms with van der Waals surface area (Å²) in [5, 5.41) is 3.10. The normalized spacial score (nSPS) is 23.7. The van der Waals surface area contributed by atoms with Gasteiger partial charge < -0.3 is 10.1 Å². The monoisotopic (exact) mass is 249 g/mol. The molecule has 100 valence electrons. The lowest BCUT2D eigenvalue weighted by Crippen LogP contribution is -2.25. The van der Waals surface area contributed by atoms with Crippen molar-refractivity contribution in [3.63, 3.8) is 0 Å². The first kappa shape index (κ1) is 13.1. The first-order valence-electron chi connectivity index (χ1n) is 6.92. The third kappa shape index (κ3) is 2.92. The van der Waals surface area contributed by atoms with E-state index >= 15 is 0 Å². The Hall–Kier alpha value is -1.32. The quantitative estimate of drug-likeness (QED) is 0.891. The molecule has 4 nitrogen and oxygen atoms in total. The average molecular weight is 249 g/mol. The Kier molecular flexibility index (Phi) is 4.39. The molecule has 1 aromatic rings. The Morgan fingerprint density at radius 3 is 2.89 bits per heavy atom. The Balaban J connectivity index is 2.12. The molecule has 1 aliphatic rings. The van der Waals surface area contributed by atoms with Crippen LogP contribution in [0.25, 0.3) is 0 Å². The third-order valence-corrected chi connectivity index (χ3v) is 3.66. The van der Waals surface area contributed by atoms with Gasteiger partial charge in [-0.3, -0.25) is 0 Å². The Bertz CT molecular complexity index is 395. The van der Waals surface area contributed by atoms with Crippen LogP contribution in [0.15, 0.2) is 6.33 Å². The van der Waals surface area contributed by atoms with Crippen molar-refractivity contribution in [1.82, 2.24) is 9.97 Å². The molecule has 4 heteroatoms. The lowest BCUT2D eigenvalue weighted by molar-refractivity contribution is 0.122. The highest BCUT2D eigenvalue weighted by atomic mass is 16.5. The van der Waals surface area contributed by atoms with Crippen LogP contribution in [0.3, 0.4) is 0 Å². The predicted octanol–water partition coefficient (Wildman–Crippen LogP) is 3.04. The molecular formula is C14H23N3O. The van der Waals surface area contributed by atoms with Gasteiger partial charge in [0.1, 0.15) is 18.2 Å². The fourth-order valence-corrected chi connectivity index (χ4v) is 2.68. The summed E-state index contributed by atoms with van der Waals surface area (Å²) in [6, 6.07) is 0. The van der Waals surface area contributed by atoms with Crippen molar-refractivity contribution in [2.24, 2.45) is 5.92 Å². The van der Waals surface area contributed by atoms with Crippen molar-refractivity contribution in [2.75, 3.05) is 12.4 Å². The van der Waals surface area contributed by atoms with Gasteiger partial charge in [0.2, 0.25) is 5.88 Å². The van der Waals surface area contributed by atoms with Crippen molar-refractivity contribution in [1.29, 1.82) is 0 Å². The Labute approximate surface area is 109 Å². The zero-order chi connectivity index (χ0) is 13.0. The first-order valence-corrected chi connectivity index (χ1v) is 6.92. The maximum Gasteiger partial charge on any atom is 0.222 e. The molecule has 1 saturated carbocycles. The largest absolute Gasteiger partial charge is 0.474 e. The summed E-state index contributed by atoms with van der Waals surface area (Å²) in [5.41, 5.74) is 1.08. The van der Waals surface area contributed by atoms with Crippen LogP contribution in [0.1, 0.15) is 45.1 Å². The number of hydrogen-bond donors (Lipinski definition) is 1. The molecule has 2 unspecified atom stereocenters. The fraction of sp³-hybridized carbons (Fsp3) is 0.714. The van der Waals surface area contributed by atoms with Gasteiger partial charge in [-0.15, -0.1) is 0 Å². The van der Waals surface area contributed by atoms with E-state index in [-0.39, 0.29) is 0 Å². The summed E-state index contributed by atoms with van der Waals surface area (Å²) in [6.07, 6.45) is 7.65. The van der Waals surface area contributed by atoms with E-state index in [1.54, 1.807) is 6.33 Å². The van der Waals surface area contributed by atoms with E-state index in [0.29, 0.717) is 6.10 Å². The third-order valence-electron chi connectivity index (χ3n) is 3.66. The lowest BCUT2D eigenvalue weighted by atomic mass is 9.89. The van der Waals surface area contributed by atoms with E-state index in [2.05, 4.69) is 29.1 Å². The van der Waals surface area contributed by atoms with E-state index in [1.165, 1.54) is 12.8 Å². The number of nitrogens with zero attached hydrogens (tertiary/aromatic N) is 2. The molecule has 1 aliphatic carbocycles. The SMILES string of the molecule is CCc1c(NC)ncnc1OC1CCCC(C)C1. The van der Waals surface area contributed by atoms with E-state index in [4.69, 9.17) is 4.74 Å². The van der Waals surface area contributed by atoms with Crippen molar-refractivity contribution >= 4 is 5.82 Å². The average Bonchev–Trinajstić information content (AvgIpc) is 2.38. The second kappa shape index (κ2) is 6.03. The molecule has 2 atom stereocenters. The fourth-order valence-electron chi connectivity index (χ4n) is 2.68. The van der Waals surface area contributed by atoms with Gasteiger partial charge in [0, 0.05) is 7.05 Å². The number of aromatic nitrogens is 2. The van der Waals surface area contributed by atoms with Crippen LogP contribution >= 0.6 is 0 Å². The van der Waals surface area contributed by atoms with E-state index < -0.39 is 0 Å². The van der Waals surface area contributed by atoms with Gasteiger partial charge in [0.25, 0.3) is 0 Å². The van der Waals surface area contributed by atoms with Crippen LogP contribution in [0.2, 0.25) is 0 Å². The zero-order valence-corrected chi connectivity index (χ0v) is 11.6. The molecular weight excluding hydrogens is 226 g/mol. The number of nitrogens with one attached hydrogen (secondary N) is 1. The number of hydrogen-bond acceptors (Lipinski definition) is 4. The molecule has 18 heavy (non-hydrogen) atoms. The van der Waals surface area contributed by atoms with Crippen LogP contribution in [0.4, 0.5) is 5.82 Å². The smallest absolute Gasteiger partial charge is 0.222 e. The van der Waals surface area contributed by atoms with Crippen LogP contribution in [0, 0.1) is 5.92 Å². The second-order valence-corrected chi connectivity index (χ2v) is 5.12. The summed E-state index contributed by atoms with van der Waals surface area (Å²) in [6.45, 7) is 4.41. The topological polar surface area (TPSA) is 47.0 Å². The number of anilines is 1. The van der Waals surface area contributed by atoms with Crippen molar-refractivity contribution in [3.8, 4) is 5.88 Å². The molecule has 0 saturated heterocycles. The molecule has 0 radical (unpaired) electrons. The van der Waals surface area contributed by atoms with Gasteiger partial charge in [-0.1, -0.05) is 20.3 Å². The number of rotatable bonds is 4. The minimum atomic E-state index is 0.318. The van der Waals surface area contributed by atoms with Crippen molar-refractivity contribution in [2.45, 2.75) is 52.1 Å². The van der Waals surface area contributed by atoms with Gasteiger partial charge in [0.05, 0.1) is 5.56 Å². The molecule has 0 bridgehead atoms. The van der Waals surface area contributed by atoms with Gasteiger partial charge >= 0.3 is 0 Å². The van der Waals surface area contributed by atoms with Crippen molar-refractivity contribution < 1.29 is 4.74 Å².